The third kappa shape index (κ3) is 3.05. The molecule has 1 atom stereocenters. The fourth-order valence-corrected chi connectivity index (χ4v) is 2.94. The van der Waals surface area contributed by atoms with Gasteiger partial charge in [-0.25, -0.2) is 0 Å². The number of carbonyl (C=O) groups is 1. The molecule has 0 fully saturated rings. The number of carbonyl (C=O) groups excluding carboxylic acids is 1. The van der Waals surface area contributed by atoms with Crippen LogP contribution in [-0.2, 0) is 0 Å². The second-order valence-electron chi connectivity index (χ2n) is 4.99. The van der Waals surface area contributed by atoms with Crippen molar-refractivity contribution in [2.24, 2.45) is 0 Å². The van der Waals surface area contributed by atoms with Gasteiger partial charge in [0.05, 0.1) is 6.61 Å². The van der Waals surface area contributed by atoms with E-state index >= 15 is 0 Å². The minimum absolute atomic E-state index is 0.0321. The Kier molecular flexibility index (Phi) is 4.15. The molecule has 1 heterocycles. The molecule has 2 aromatic carbocycles. The van der Waals surface area contributed by atoms with Gasteiger partial charge in [-0.15, -0.1) is 11.8 Å². The van der Waals surface area contributed by atoms with E-state index in [1.807, 2.05) is 48.7 Å². The van der Waals surface area contributed by atoms with Crippen molar-refractivity contribution < 1.29 is 9.53 Å². The number of para-hydroxylation sites is 1. The minimum Gasteiger partial charge on any atom is -0.493 e. The SMILES string of the molecule is CSc1cccc(C(=O)NC[C@@H]2COc3ccccc32)c1. The van der Waals surface area contributed by atoms with Crippen LogP contribution in [0.2, 0.25) is 0 Å². The minimum atomic E-state index is -0.0321. The molecule has 4 heteroatoms. The van der Waals surface area contributed by atoms with Crippen molar-refractivity contribution in [2.75, 3.05) is 19.4 Å². The number of benzene rings is 2. The molecule has 3 nitrogen and oxygen atoms in total. The zero-order chi connectivity index (χ0) is 14.7. The summed E-state index contributed by atoms with van der Waals surface area (Å²) >= 11 is 1.63. The molecule has 0 saturated heterocycles. The van der Waals surface area contributed by atoms with Crippen molar-refractivity contribution in [3.63, 3.8) is 0 Å². The number of amides is 1. The van der Waals surface area contributed by atoms with Crippen LogP contribution in [0.3, 0.4) is 0 Å². The van der Waals surface area contributed by atoms with Crippen LogP contribution >= 0.6 is 11.8 Å². The number of ether oxygens (including phenoxy) is 1. The Morgan fingerprint density at radius 2 is 2.14 bits per heavy atom. The molecule has 0 saturated carbocycles. The molecule has 1 aliphatic heterocycles. The molecule has 2 aromatic rings. The van der Waals surface area contributed by atoms with Crippen LogP contribution in [0.25, 0.3) is 0 Å². The lowest BCUT2D eigenvalue weighted by atomic mass is 10.0. The maximum atomic E-state index is 12.2. The van der Waals surface area contributed by atoms with Gasteiger partial charge in [0.2, 0.25) is 0 Å². The molecule has 0 aliphatic carbocycles. The van der Waals surface area contributed by atoms with Crippen molar-refractivity contribution in [1.82, 2.24) is 5.32 Å². The topological polar surface area (TPSA) is 38.3 Å². The first kappa shape index (κ1) is 14.0. The maximum absolute atomic E-state index is 12.2. The molecule has 1 aliphatic rings. The van der Waals surface area contributed by atoms with Crippen molar-refractivity contribution in [2.45, 2.75) is 10.8 Å². The molecule has 1 amide bonds. The van der Waals surface area contributed by atoms with E-state index in [2.05, 4.69) is 11.4 Å². The predicted octanol–water partition coefficient (Wildman–Crippen LogP) is 3.31. The number of thioether (sulfide) groups is 1. The molecule has 0 unspecified atom stereocenters. The Balaban J connectivity index is 1.64. The molecule has 0 bridgehead atoms. The highest BCUT2D eigenvalue weighted by Gasteiger charge is 2.23. The Morgan fingerprint density at radius 1 is 1.29 bits per heavy atom. The number of rotatable bonds is 4. The van der Waals surface area contributed by atoms with Crippen LogP contribution in [0.1, 0.15) is 21.8 Å². The highest BCUT2D eigenvalue weighted by atomic mass is 32.2. The Bertz CT molecular complexity index is 657. The summed E-state index contributed by atoms with van der Waals surface area (Å²) in [5.41, 5.74) is 1.88. The molecule has 0 spiro atoms. The number of nitrogens with one attached hydrogen (secondary N) is 1. The van der Waals surface area contributed by atoms with E-state index in [9.17, 15) is 4.79 Å². The molecular weight excluding hydrogens is 282 g/mol. The first-order valence-electron chi connectivity index (χ1n) is 6.92. The van der Waals surface area contributed by atoms with Crippen molar-refractivity contribution in [3.8, 4) is 5.75 Å². The molecule has 108 valence electrons. The molecule has 1 N–H and O–H groups in total. The zero-order valence-electron chi connectivity index (χ0n) is 11.8. The van der Waals surface area contributed by atoms with E-state index in [-0.39, 0.29) is 11.8 Å². The van der Waals surface area contributed by atoms with E-state index in [0.29, 0.717) is 18.7 Å². The maximum Gasteiger partial charge on any atom is 0.251 e. The standard InChI is InChI=1S/C17H17NO2S/c1-21-14-6-4-5-12(9-14)17(19)18-10-13-11-20-16-8-3-2-7-15(13)16/h2-9,13H,10-11H2,1H3,(H,18,19)/t13-/m1/s1. The summed E-state index contributed by atoms with van der Waals surface area (Å²) in [6, 6.07) is 15.7. The van der Waals surface area contributed by atoms with Crippen molar-refractivity contribution in [1.29, 1.82) is 0 Å². The summed E-state index contributed by atoms with van der Waals surface area (Å²) in [6.45, 7) is 1.23. The molecule has 21 heavy (non-hydrogen) atoms. The highest BCUT2D eigenvalue weighted by Crippen LogP contribution is 2.32. The lowest BCUT2D eigenvalue weighted by molar-refractivity contribution is 0.0950. The lowest BCUT2D eigenvalue weighted by Gasteiger charge is -2.11. The quantitative estimate of drug-likeness (QED) is 0.880. The van der Waals surface area contributed by atoms with E-state index in [4.69, 9.17) is 4.74 Å². The molecule has 3 rings (SSSR count). The van der Waals surface area contributed by atoms with Crippen LogP contribution in [0.5, 0.6) is 5.75 Å². The Morgan fingerprint density at radius 3 is 3.00 bits per heavy atom. The smallest absolute Gasteiger partial charge is 0.251 e. The first-order chi connectivity index (χ1) is 10.3. The number of fused-ring (bicyclic) bond motifs is 1. The normalized spacial score (nSPS) is 16.1. The highest BCUT2D eigenvalue weighted by molar-refractivity contribution is 7.98. The third-order valence-electron chi connectivity index (χ3n) is 3.64. The Labute approximate surface area is 128 Å². The van der Waals surface area contributed by atoms with Crippen LogP contribution in [0.15, 0.2) is 53.4 Å². The molecular formula is C17H17NO2S. The first-order valence-corrected chi connectivity index (χ1v) is 8.14. The van der Waals surface area contributed by atoms with Gasteiger partial charge in [0, 0.05) is 28.5 Å². The van der Waals surface area contributed by atoms with Crippen LogP contribution in [0, 0.1) is 0 Å². The van der Waals surface area contributed by atoms with E-state index in [1.165, 1.54) is 5.56 Å². The Hall–Kier alpha value is -1.94. The monoisotopic (exact) mass is 299 g/mol. The van der Waals surface area contributed by atoms with Gasteiger partial charge in [0.25, 0.3) is 5.91 Å². The largest absolute Gasteiger partial charge is 0.493 e. The van der Waals surface area contributed by atoms with Crippen molar-refractivity contribution >= 4 is 17.7 Å². The average molecular weight is 299 g/mol. The summed E-state index contributed by atoms with van der Waals surface area (Å²) in [5.74, 6) is 1.13. The fourth-order valence-electron chi connectivity index (χ4n) is 2.48. The van der Waals surface area contributed by atoms with Crippen LogP contribution < -0.4 is 10.1 Å². The summed E-state index contributed by atoms with van der Waals surface area (Å²) in [5, 5.41) is 3.00. The summed E-state index contributed by atoms with van der Waals surface area (Å²) in [6.07, 6.45) is 2.00. The van der Waals surface area contributed by atoms with Gasteiger partial charge < -0.3 is 10.1 Å². The molecule has 0 radical (unpaired) electrons. The van der Waals surface area contributed by atoms with E-state index in [1.54, 1.807) is 11.8 Å². The van der Waals surface area contributed by atoms with Crippen molar-refractivity contribution in [3.05, 3.63) is 59.7 Å². The average Bonchev–Trinajstić information content (AvgIpc) is 2.96. The van der Waals surface area contributed by atoms with Gasteiger partial charge in [0.15, 0.2) is 0 Å². The summed E-state index contributed by atoms with van der Waals surface area (Å²) < 4.78 is 5.63. The fraction of sp³-hybridized carbons (Fsp3) is 0.235. The van der Waals surface area contributed by atoms with Gasteiger partial charge in [-0.3, -0.25) is 4.79 Å². The summed E-state index contributed by atoms with van der Waals surface area (Å²) in [4.78, 5) is 13.3. The summed E-state index contributed by atoms with van der Waals surface area (Å²) in [7, 11) is 0. The second kappa shape index (κ2) is 6.22. The number of hydrogen-bond acceptors (Lipinski definition) is 3. The van der Waals surface area contributed by atoms with Gasteiger partial charge in [-0.05, 0) is 30.5 Å². The second-order valence-corrected chi connectivity index (χ2v) is 5.87. The van der Waals surface area contributed by atoms with Gasteiger partial charge >= 0.3 is 0 Å². The predicted molar refractivity (Wildman–Crippen MR) is 85.2 cm³/mol. The van der Waals surface area contributed by atoms with Crippen LogP contribution in [0.4, 0.5) is 0 Å². The van der Waals surface area contributed by atoms with E-state index < -0.39 is 0 Å². The van der Waals surface area contributed by atoms with Gasteiger partial charge in [-0.2, -0.15) is 0 Å². The third-order valence-corrected chi connectivity index (χ3v) is 4.37. The van der Waals surface area contributed by atoms with Gasteiger partial charge in [0.1, 0.15) is 5.75 Å². The molecule has 0 aromatic heterocycles. The van der Waals surface area contributed by atoms with E-state index in [0.717, 1.165) is 10.6 Å². The van der Waals surface area contributed by atoms with Crippen LogP contribution in [-0.4, -0.2) is 25.3 Å². The number of hydrogen-bond donors (Lipinski definition) is 1. The lowest BCUT2D eigenvalue weighted by Crippen LogP contribution is -2.29. The van der Waals surface area contributed by atoms with Gasteiger partial charge in [-0.1, -0.05) is 24.3 Å². The zero-order valence-corrected chi connectivity index (χ0v) is 12.7.